The molecule has 1 rings (SSSR count). The van der Waals surface area contributed by atoms with Gasteiger partial charge in [0.2, 0.25) is 0 Å². The molecule has 0 aliphatic rings. The van der Waals surface area contributed by atoms with E-state index in [1.54, 1.807) is 0 Å². The van der Waals surface area contributed by atoms with Crippen LogP contribution in [0.4, 0.5) is 0 Å². The van der Waals surface area contributed by atoms with Gasteiger partial charge in [-0.25, -0.2) is 0 Å². The summed E-state index contributed by atoms with van der Waals surface area (Å²) >= 11 is 3.43. The number of rotatable bonds is 4. The Morgan fingerprint density at radius 1 is 1.39 bits per heavy atom. The molecule has 0 aliphatic heterocycles. The fourth-order valence-corrected chi connectivity index (χ4v) is 2.51. The van der Waals surface area contributed by atoms with Gasteiger partial charge in [0.1, 0.15) is 0 Å². The van der Waals surface area contributed by atoms with Crippen molar-refractivity contribution in [2.75, 3.05) is 7.11 Å². The molecule has 2 N–H and O–H groups in total. The van der Waals surface area contributed by atoms with Crippen LogP contribution in [0.2, 0.25) is 0 Å². The third kappa shape index (κ3) is 3.33. The Bertz CT molecular complexity index is 432. The van der Waals surface area contributed by atoms with Crippen LogP contribution in [0.5, 0.6) is 0 Å². The van der Waals surface area contributed by atoms with Gasteiger partial charge < -0.3 is 10.5 Å². The fraction of sp³-hybridized carbons (Fsp3) is 0.500. The summed E-state index contributed by atoms with van der Waals surface area (Å²) in [5, 5.41) is 0. The minimum atomic E-state index is -0.352. The Hall–Kier alpha value is -0.870. The van der Waals surface area contributed by atoms with Crippen molar-refractivity contribution in [1.29, 1.82) is 0 Å². The molecule has 0 heterocycles. The number of halogens is 1. The Kier molecular flexibility index (Phi) is 5.35. The van der Waals surface area contributed by atoms with Crippen LogP contribution in [0.3, 0.4) is 0 Å². The Labute approximate surface area is 117 Å². The van der Waals surface area contributed by atoms with Crippen molar-refractivity contribution >= 4 is 21.9 Å². The van der Waals surface area contributed by atoms with E-state index in [1.165, 1.54) is 7.11 Å². The van der Waals surface area contributed by atoms with Crippen LogP contribution >= 0.6 is 15.9 Å². The molecule has 2 atom stereocenters. The van der Waals surface area contributed by atoms with E-state index >= 15 is 0 Å². The highest BCUT2D eigenvalue weighted by atomic mass is 79.9. The lowest BCUT2D eigenvalue weighted by Crippen LogP contribution is -2.33. The third-order valence-electron chi connectivity index (χ3n) is 3.18. The van der Waals surface area contributed by atoms with Crippen molar-refractivity contribution in [3.05, 3.63) is 33.8 Å². The Balaban J connectivity index is 3.13. The van der Waals surface area contributed by atoms with Gasteiger partial charge in [0.05, 0.1) is 13.0 Å². The maximum Gasteiger partial charge on any atom is 0.310 e. The van der Waals surface area contributed by atoms with Gasteiger partial charge in [0.15, 0.2) is 0 Å². The Morgan fingerprint density at radius 2 is 2.00 bits per heavy atom. The molecule has 18 heavy (non-hydrogen) atoms. The van der Waals surface area contributed by atoms with Gasteiger partial charge in [-0.05, 0) is 36.1 Å². The highest BCUT2D eigenvalue weighted by Crippen LogP contribution is 2.30. The van der Waals surface area contributed by atoms with E-state index in [0.717, 1.165) is 15.6 Å². The zero-order chi connectivity index (χ0) is 13.9. The first-order chi connectivity index (χ1) is 8.38. The molecule has 0 radical (unpaired) electrons. The van der Waals surface area contributed by atoms with Gasteiger partial charge in [-0.1, -0.05) is 35.8 Å². The number of nitrogens with two attached hydrogens (primary N) is 1. The molecule has 1 aromatic rings. The predicted octanol–water partition coefficient (Wildman–Crippen LogP) is 3.20. The summed E-state index contributed by atoms with van der Waals surface area (Å²) in [6.07, 6.45) is 0. The quantitative estimate of drug-likeness (QED) is 0.868. The van der Waals surface area contributed by atoms with Gasteiger partial charge in [-0.2, -0.15) is 0 Å². The fourth-order valence-electron chi connectivity index (χ4n) is 2.13. The first-order valence-corrected chi connectivity index (χ1v) is 6.77. The lowest BCUT2D eigenvalue weighted by Gasteiger charge is -2.26. The maximum absolute atomic E-state index is 11.9. The topological polar surface area (TPSA) is 52.3 Å². The second kappa shape index (κ2) is 6.34. The number of aryl methyl sites for hydroxylation is 1. The Morgan fingerprint density at radius 3 is 2.50 bits per heavy atom. The van der Waals surface area contributed by atoms with E-state index in [9.17, 15) is 4.79 Å². The smallest absolute Gasteiger partial charge is 0.310 e. The second-order valence-electron chi connectivity index (χ2n) is 4.82. The van der Waals surface area contributed by atoms with Crippen LogP contribution in [0.1, 0.15) is 31.0 Å². The van der Waals surface area contributed by atoms with Crippen molar-refractivity contribution in [3.63, 3.8) is 0 Å². The van der Waals surface area contributed by atoms with Crippen LogP contribution in [0.15, 0.2) is 22.7 Å². The van der Waals surface area contributed by atoms with Gasteiger partial charge in [-0.3, -0.25) is 4.79 Å². The van der Waals surface area contributed by atoms with Crippen LogP contribution < -0.4 is 5.73 Å². The number of hydrogen-bond acceptors (Lipinski definition) is 3. The molecule has 3 nitrogen and oxygen atoms in total. The number of ether oxygens (including phenoxy) is 1. The average Bonchev–Trinajstić information content (AvgIpc) is 2.31. The number of carbonyl (C=O) groups is 1. The minimum Gasteiger partial charge on any atom is -0.469 e. The van der Waals surface area contributed by atoms with Crippen LogP contribution in [-0.4, -0.2) is 13.1 Å². The lowest BCUT2D eigenvalue weighted by atomic mass is 9.83. The SMILES string of the molecule is COC(=O)C(C(C)C)C(N)c1cc(Br)ccc1C. The van der Waals surface area contributed by atoms with Crippen molar-refractivity contribution in [3.8, 4) is 0 Å². The summed E-state index contributed by atoms with van der Waals surface area (Å²) in [7, 11) is 1.40. The van der Waals surface area contributed by atoms with Gasteiger partial charge in [-0.15, -0.1) is 0 Å². The molecule has 100 valence electrons. The molecule has 0 spiro atoms. The van der Waals surface area contributed by atoms with Crippen LogP contribution in [0, 0.1) is 18.8 Å². The number of esters is 1. The molecule has 0 fully saturated rings. The van der Waals surface area contributed by atoms with E-state index in [-0.39, 0.29) is 23.8 Å². The van der Waals surface area contributed by atoms with Crippen molar-refractivity contribution in [1.82, 2.24) is 0 Å². The average molecular weight is 314 g/mol. The number of hydrogen-bond donors (Lipinski definition) is 1. The highest BCUT2D eigenvalue weighted by molar-refractivity contribution is 9.10. The predicted molar refractivity (Wildman–Crippen MR) is 76.2 cm³/mol. The summed E-state index contributed by atoms with van der Waals surface area (Å²) in [4.78, 5) is 11.9. The van der Waals surface area contributed by atoms with E-state index in [1.807, 2.05) is 39.0 Å². The first-order valence-electron chi connectivity index (χ1n) is 5.98. The molecule has 0 amide bonds. The van der Waals surface area contributed by atoms with Crippen molar-refractivity contribution < 1.29 is 9.53 Å². The van der Waals surface area contributed by atoms with Crippen LogP contribution in [-0.2, 0) is 9.53 Å². The molecule has 0 aliphatic carbocycles. The molecule has 0 saturated heterocycles. The molecule has 1 aromatic carbocycles. The van der Waals surface area contributed by atoms with E-state index < -0.39 is 0 Å². The normalized spacial score (nSPS) is 14.4. The minimum absolute atomic E-state index is 0.130. The van der Waals surface area contributed by atoms with Crippen LogP contribution in [0.25, 0.3) is 0 Å². The molecular formula is C14H20BrNO2. The molecule has 0 bridgehead atoms. The van der Waals surface area contributed by atoms with Gasteiger partial charge >= 0.3 is 5.97 Å². The monoisotopic (exact) mass is 313 g/mol. The van der Waals surface area contributed by atoms with Gasteiger partial charge in [0.25, 0.3) is 0 Å². The van der Waals surface area contributed by atoms with E-state index in [0.29, 0.717) is 0 Å². The maximum atomic E-state index is 11.9. The highest BCUT2D eigenvalue weighted by Gasteiger charge is 2.31. The largest absolute Gasteiger partial charge is 0.469 e. The summed E-state index contributed by atoms with van der Waals surface area (Å²) in [6, 6.07) is 5.58. The molecule has 2 unspecified atom stereocenters. The summed E-state index contributed by atoms with van der Waals surface area (Å²) in [6.45, 7) is 5.96. The number of carbonyl (C=O) groups excluding carboxylic acids is 1. The van der Waals surface area contributed by atoms with Gasteiger partial charge in [0, 0.05) is 10.5 Å². The summed E-state index contributed by atoms with van der Waals surface area (Å²) < 4.78 is 5.82. The van der Waals surface area contributed by atoms with E-state index in [2.05, 4.69) is 15.9 Å². The number of methoxy groups -OCH3 is 1. The molecule has 0 aromatic heterocycles. The summed E-state index contributed by atoms with van der Waals surface area (Å²) in [5.74, 6) is -0.453. The molecular weight excluding hydrogens is 294 g/mol. The molecule has 0 saturated carbocycles. The standard InChI is InChI=1S/C14H20BrNO2/c1-8(2)12(14(17)18-4)13(16)11-7-10(15)6-5-9(11)3/h5-8,12-13H,16H2,1-4H3. The zero-order valence-corrected chi connectivity index (χ0v) is 12.8. The lowest BCUT2D eigenvalue weighted by molar-refractivity contribution is -0.147. The third-order valence-corrected chi connectivity index (χ3v) is 3.67. The molecule has 4 heteroatoms. The van der Waals surface area contributed by atoms with E-state index in [4.69, 9.17) is 10.5 Å². The zero-order valence-electron chi connectivity index (χ0n) is 11.2. The summed E-state index contributed by atoms with van der Waals surface area (Å²) in [5.41, 5.74) is 8.33. The number of benzene rings is 1. The first kappa shape index (κ1) is 15.2. The van der Waals surface area contributed by atoms with Crippen molar-refractivity contribution in [2.24, 2.45) is 17.6 Å². The van der Waals surface area contributed by atoms with Crippen molar-refractivity contribution in [2.45, 2.75) is 26.8 Å². The second-order valence-corrected chi connectivity index (χ2v) is 5.74.